The lowest BCUT2D eigenvalue weighted by atomic mass is 9.89. The molecule has 0 spiro atoms. The summed E-state index contributed by atoms with van der Waals surface area (Å²) in [7, 11) is 0. The fraction of sp³-hybridized carbons (Fsp3) is 0.400. The Morgan fingerprint density at radius 1 is 1.46 bits per heavy atom. The second kappa shape index (κ2) is 3.29. The van der Waals surface area contributed by atoms with E-state index < -0.39 is 5.60 Å². The van der Waals surface area contributed by atoms with Crippen LogP contribution in [0.1, 0.15) is 5.56 Å². The maximum Gasteiger partial charge on any atom is 0.0935 e. The summed E-state index contributed by atoms with van der Waals surface area (Å²) >= 11 is 5.84. The first-order valence-electron chi connectivity index (χ1n) is 4.36. The lowest BCUT2D eigenvalue weighted by Crippen LogP contribution is -2.60. The normalized spacial score (nSPS) is 19.5. The zero-order valence-corrected chi connectivity index (χ0v) is 8.01. The van der Waals surface area contributed by atoms with Gasteiger partial charge in [0.1, 0.15) is 0 Å². The molecule has 70 valence electrons. The van der Waals surface area contributed by atoms with E-state index in [1.165, 1.54) is 0 Å². The van der Waals surface area contributed by atoms with E-state index in [0.29, 0.717) is 19.5 Å². The van der Waals surface area contributed by atoms with Crippen LogP contribution in [0.2, 0.25) is 5.02 Å². The van der Waals surface area contributed by atoms with Gasteiger partial charge in [-0.05, 0) is 17.7 Å². The molecule has 0 atom stereocenters. The third-order valence-electron chi connectivity index (χ3n) is 2.33. The third kappa shape index (κ3) is 2.02. The fourth-order valence-corrected chi connectivity index (χ4v) is 1.78. The van der Waals surface area contributed by atoms with Gasteiger partial charge in [-0.25, -0.2) is 0 Å². The van der Waals surface area contributed by atoms with Gasteiger partial charge in [0.25, 0.3) is 0 Å². The van der Waals surface area contributed by atoms with Gasteiger partial charge in [0.15, 0.2) is 0 Å². The second-order valence-electron chi connectivity index (χ2n) is 3.63. The van der Waals surface area contributed by atoms with Gasteiger partial charge in [-0.15, -0.1) is 0 Å². The first kappa shape index (κ1) is 9.00. The Labute approximate surface area is 82.5 Å². The summed E-state index contributed by atoms with van der Waals surface area (Å²) in [4.78, 5) is 0. The SMILES string of the molecule is OC1(Cc2cccc(Cl)c2)CNC1. The summed E-state index contributed by atoms with van der Waals surface area (Å²) in [5, 5.41) is 13.6. The molecule has 1 aromatic rings. The van der Waals surface area contributed by atoms with Crippen LogP contribution in [0.4, 0.5) is 0 Å². The average molecular weight is 198 g/mol. The summed E-state index contributed by atoms with van der Waals surface area (Å²) in [5.74, 6) is 0. The van der Waals surface area contributed by atoms with Crippen molar-refractivity contribution >= 4 is 11.6 Å². The van der Waals surface area contributed by atoms with E-state index in [9.17, 15) is 5.11 Å². The molecule has 0 unspecified atom stereocenters. The largest absolute Gasteiger partial charge is 0.387 e. The van der Waals surface area contributed by atoms with E-state index in [2.05, 4.69) is 5.32 Å². The smallest absolute Gasteiger partial charge is 0.0935 e. The standard InChI is InChI=1S/C10H12ClNO/c11-9-3-1-2-8(4-9)5-10(13)6-12-7-10/h1-4,12-13H,5-7H2. The highest BCUT2D eigenvalue weighted by molar-refractivity contribution is 6.30. The number of β-amino-alcohol motifs (C(OH)–C–C–N with tert-alkyl or cyclic N) is 1. The van der Waals surface area contributed by atoms with Gasteiger partial charge in [0, 0.05) is 24.5 Å². The van der Waals surface area contributed by atoms with Gasteiger partial charge in [-0.2, -0.15) is 0 Å². The number of hydrogen-bond donors (Lipinski definition) is 2. The molecule has 2 N–H and O–H groups in total. The van der Waals surface area contributed by atoms with E-state index in [4.69, 9.17) is 11.6 Å². The minimum Gasteiger partial charge on any atom is -0.387 e. The molecule has 0 radical (unpaired) electrons. The highest BCUT2D eigenvalue weighted by Gasteiger charge is 2.33. The Kier molecular flexibility index (Phi) is 2.28. The van der Waals surface area contributed by atoms with Crippen molar-refractivity contribution in [2.24, 2.45) is 0 Å². The van der Waals surface area contributed by atoms with Crippen LogP contribution in [0.25, 0.3) is 0 Å². The Morgan fingerprint density at radius 3 is 2.77 bits per heavy atom. The first-order chi connectivity index (χ1) is 6.18. The van der Waals surface area contributed by atoms with Crippen LogP contribution in [0, 0.1) is 0 Å². The summed E-state index contributed by atoms with van der Waals surface area (Å²) in [6, 6.07) is 7.64. The van der Waals surface area contributed by atoms with Gasteiger partial charge < -0.3 is 10.4 Å². The van der Waals surface area contributed by atoms with E-state index in [1.54, 1.807) is 0 Å². The maximum absolute atomic E-state index is 9.85. The highest BCUT2D eigenvalue weighted by Crippen LogP contribution is 2.19. The molecule has 2 nitrogen and oxygen atoms in total. The average Bonchev–Trinajstić information content (AvgIpc) is 2.01. The van der Waals surface area contributed by atoms with Crippen molar-refractivity contribution in [1.29, 1.82) is 0 Å². The third-order valence-corrected chi connectivity index (χ3v) is 2.57. The van der Waals surface area contributed by atoms with Crippen LogP contribution >= 0.6 is 11.6 Å². The molecule has 1 aliphatic heterocycles. The summed E-state index contributed by atoms with van der Waals surface area (Å²) in [5.41, 5.74) is 0.543. The number of nitrogens with one attached hydrogen (secondary N) is 1. The molecule has 0 amide bonds. The van der Waals surface area contributed by atoms with Crippen LogP contribution in [-0.4, -0.2) is 23.8 Å². The lowest BCUT2D eigenvalue weighted by molar-refractivity contribution is -0.00901. The van der Waals surface area contributed by atoms with Crippen LogP contribution in [0.3, 0.4) is 0 Å². The van der Waals surface area contributed by atoms with Crippen molar-refractivity contribution < 1.29 is 5.11 Å². The minimum atomic E-state index is -0.551. The first-order valence-corrected chi connectivity index (χ1v) is 4.73. The highest BCUT2D eigenvalue weighted by atomic mass is 35.5. The van der Waals surface area contributed by atoms with Crippen molar-refractivity contribution in [2.45, 2.75) is 12.0 Å². The molecule has 0 aromatic heterocycles. The van der Waals surface area contributed by atoms with Gasteiger partial charge in [0.2, 0.25) is 0 Å². The topological polar surface area (TPSA) is 32.3 Å². The molecule has 1 heterocycles. The zero-order valence-electron chi connectivity index (χ0n) is 7.26. The van der Waals surface area contributed by atoms with Crippen molar-refractivity contribution in [3.63, 3.8) is 0 Å². The summed E-state index contributed by atoms with van der Waals surface area (Å²) in [6.45, 7) is 1.36. The molecule has 1 saturated heterocycles. The molecule has 0 aliphatic carbocycles. The molecule has 1 fully saturated rings. The predicted molar refractivity (Wildman–Crippen MR) is 53.0 cm³/mol. The zero-order chi connectivity index (χ0) is 9.31. The Bertz CT molecular complexity index is 310. The van der Waals surface area contributed by atoms with Crippen molar-refractivity contribution in [1.82, 2.24) is 5.32 Å². The van der Waals surface area contributed by atoms with Gasteiger partial charge in [-0.3, -0.25) is 0 Å². The number of rotatable bonds is 2. The van der Waals surface area contributed by atoms with Crippen molar-refractivity contribution in [3.05, 3.63) is 34.9 Å². The van der Waals surface area contributed by atoms with Gasteiger partial charge in [0.05, 0.1) is 5.60 Å². The van der Waals surface area contributed by atoms with Crippen LogP contribution < -0.4 is 5.32 Å². The number of benzene rings is 1. The van der Waals surface area contributed by atoms with E-state index in [0.717, 1.165) is 10.6 Å². The Hall–Kier alpha value is -0.570. The number of hydrogen-bond acceptors (Lipinski definition) is 2. The predicted octanol–water partition coefficient (Wildman–Crippen LogP) is 1.22. The minimum absolute atomic E-state index is 0.551. The molecule has 13 heavy (non-hydrogen) atoms. The number of aliphatic hydroxyl groups is 1. The Morgan fingerprint density at radius 2 is 2.23 bits per heavy atom. The molecule has 0 bridgehead atoms. The van der Waals surface area contributed by atoms with Crippen LogP contribution in [0.15, 0.2) is 24.3 Å². The number of halogens is 1. The van der Waals surface area contributed by atoms with Crippen molar-refractivity contribution in [2.75, 3.05) is 13.1 Å². The van der Waals surface area contributed by atoms with Crippen LogP contribution in [0.5, 0.6) is 0 Å². The van der Waals surface area contributed by atoms with E-state index in [1.807, 2.05) is 24.3 Å². The van der Waals surface area contributed by atoms with E-state index in [-0.39, 0.29) is 0 Å². The molecular formula is C10H12ClNO. The van der Waals surface area contributed by atoms with Gasteiger partial charge >= 0.3 is 0 Å². The second-order valence-corrected chi connectivity index (χ2v) is 4.07. The fourth-order valence-electron chi connectivity index (χ4n) is 1.57. The quantitative estimate of drug-likeness (QED) is 0.747. The molecule has 2 rings (SSSR count). The lowest BCUT2D eigenvalue weighted by Gasteiger charge is -2.37. The molecular weight excluding hydrogens is 186 g/mol. The van der Waals surface area contributed by atoms with Crippen molar-refractivity contribution in [3.8, 4) is 0 Å². The maximum atomic E-state index is 9.85. The summed E-state index contributed by atoms with van der Waals surface area (Å²) in [6.07, 6.45) is 0.681. The molecule has 0 saturated carbocycles. The molecule has 1 aromatic carbocycles. The monoisotopic (exact) mass is 197 g/mol. The van der Waals surface area contributed by atoms with E-state index >= 15 is 0 Å². The molecule has 1 aliphatic rings. The van der Waals surface area contributed by atoms with Crippen LogP contribution in [-0.2, 0) is 6.42 Å². The summed E-state index contributed by atoms with van der Waals surface area (Å²) < 4.78 is 0. The van der Waals surface area contributed by atoms with Gasteiger partial charge in [-0.1, -0.05) is 23.7 Å². The molecule has 3 heteroatoms. The Balaban J connectivity index is 2.09.